The molecule has 1 fully saturated rings. The highest BCUT2D eigenvalue weighted by Gasteiger charge is 2.20. The van der Waals surface area contributed by atoms with Crippen LogP contribution in [0.3, 0.4) is 0 Å². The quantitative estimate of drug-likeness (QED) is 0.606. The van der Waals surface area contributed by atoms with Gasteiger partial charge in [-0.25, -0.2) is 0 Å². The summed E-state index contributed by atoms with van der Waals surface area (Å²) in [6.45, 7) is 8.25. The maximum absolute atomic E-state index is 10.5. The molecule has 1 atom stereocenters. The van der Waals surface area contributed by atoms with E-state index in [1.165, 1.54) is 5.69 Å². The zero-order chi connectivity index (χ0) is 21.3. The molecule has 0 aromatic heterocycles. The number of allylic oxidation sites excluding steroid dienone is 1. The molecule has 3 rings (SSSR count). The number of β-amino-alcohol motifs (C(OH)–C–C–N with tert-alkyl or cyclic N) is 1. The fraction of sp³-hybridized carbons (Fsp3) is 0.417. The monoisotopic (exact) mass is 412 g/mol. The van der Waals surface area contributed by atoms with Gasteiger partial charge in [-0.2, -0.15) is 0 Å². The lowest BCUT2D eigenvalue weighted by Crippen LogP contribution is -2.49. The van der Waals surface area contributed by atoms with Crippen LogP contribution >= 0.6 is 0 Å². The Morgan fingerprint density at radius 3 is 2.37 bits per heavy atom. The molecule has 1 heterocycles. The SMILES string of the molecule is C=CCc1ccc(OC[C@H](O)CN2CCN(c3ccc(OC)cc3)CC2)c(OC)c1. The van der Waals surface area contributed by atoms with Crippen molar-refractivity contribution in [3.8, 4) is 17.2 Å². The van der Waals surface area contributed by atoms with E-state index in [1.807, 2.05) is 36.4 Å². The van der Waals surface area contributed by atoms with Crippen molar-refractivity contribution in [3.63, 3.8) is 0 Å². The van der Waals surface area contributed by atoms with E-state index in [4.69, 9.17) is 14.2 Å². The first-order valence-corrected chi connectivity index (χ1v) is 10.3. The predicted octanol–water partition coefficient (Wildman–Crippen LogP) is 2.99. The highest BCUT2D eigenvalue weighted by Crippen LogP contribution is 2.28. The van der Waals surface area contributed by atoms with Crippen LogP contribution in [0.1, 0.15) is 5.56 Å². The molecule has 2 aromatic rings. The summed E-state index contributed by atoms with van der Waals surface area (Å²) >= 11 is 0. The molecule has 0 spiro atoms. The molecule has 0 saturated carbocycles. The van der Waals surface area contributed by atoms with Gasteiger partial charge in [0.25, 0.3) is 0 Å². The Morgan fingerprint density at radius 1 is 1.00 bits per heavy atom. The molecule has 0 aliphatic carbocycles. The number of nitrogens with zero attached hydrogens (tertiary/aromatic N) is 2. The minimum Gasteiger partial charge on any atom is -0.497 e. The number of ether oxygens (including phenoxy) is 3. The van der Waals surface area contributed by atoms with Crippen molar-refractivity contribution in [1.82, 2.24) is 4.90 Å². The second-order valence-electron chi connectivity index (χ2n) is 7.43. The maximum atomic E-state index is 10.5. The molecular weight excluding hydrogens is 380 g/mol. The molecule has 1 aliphatic heterocycles. The van der Waals surface area contributed by atoms with Gasteiger partial charge in [0.05, 0.1) is 14.2 Å². The van der Waals surface area contributed by atoms with Crippen LogP contribution in [0.2, 0.25) is 0 Å². The summed E-state index contributed by atoms with van der Waals surface area (Å²) in [6.07, 6.45) is 2.07. The van der Waals surface area contributed by atoms with E-state index in [2.05, 4.69) is 28.5 Å². The second-order valence-corrected chi connectivity index (χ2v) is 7.43. The van der Waals surface area contributed by atoms with Crippen molar-refractivity contribution in [2.24, 2.45) is 0 Å². The molecule has 0 radical (unpaired) electrons. The Morgan fingerprint density at radius 2 is 1.73 bits per heavy atom. The number of aliphatic hydroxyl groups is 1. The van der Waals surface area contributed by atoms with Gasteiger partial charge in [0.2, 0.25) is 0 Å². The van der Waals surface area contributed by atoms with Gasteiger partial charge in [-0.15, -0.1) is 6.58 Å². The molecule has 1 N–H and O–H groups in total. The summed E-state index contributed by atoms with van der Waals surface area (Å²) in [7, 11) is 3.30. The standard InChI is InChI=1S/C24H32N2O4/c1-4-5-19-6-11-23(24(16-19)29-3)30-18-21(27)17-25-12-14-26(15-13-25)20-7-9-22(28-2)10-8-20/h4,6-11,16,21,27H,1,5,12-15,17-18H2,2-3H3/t21-/m1/s1. The molecule has 6 nitrogen and oxygen atoms in total. The van der Waals surface area contributed by atoms with Crippen LogP contribution in [0, 0.1) is 0 Å². The molecule has 0 unspecified atom stereocenters. The Kier molecular flexibility index (Phi) is 7.99. The Labute approximate surface area is 179 Å². The molecule has 162 valence electrons. The van der Waals surface area contributed by atoms with Gasteiger partial charge in [0.1, 0.15) is 18.5 Å². The number of piperazine rings is 1. The molecular formula is C24H32N2O4. The van der Waals surface area contributed by atoms with E-state index in [0.717, 1.165) is 43.9 Å². The fourth-order valence-corrected chi connectivity index (χ4v) is 3.64. The first-order chi connectivity index (χ1) is 14.6. The third kappa shape index (κ3) is 5.90. The van der Waals surface area contributed by atoms with Crippen LogP contribution in [-0.4, -0.2) is 69.7 Å². The summed E-state index contributed by atoms with van der Waals surface area (Å²) in [5.74, 6) is 2.19. The summed E-state index contributed by atoms with van der Waals surface area (Å²) in [4.78, 5) is 4.63. The number of aliphatic hydroxyl groups excluding tert-OH is 1. The third-order valence-corrected chi connectivity index (χ3v) is 5.32. The van der Waals surface area contributed by atoms with Crippen LogP contribution < -0.4 is 19.1 Å². The Bertz CT molecular complexity index is 801. The average Bonchev–Trinajstić information content (AvgIpc) is 2.79. The minimum atomic E-state index is -0.560. The highest BCUT2D eigenvalue weighted by molar-refractivity contribution is 5.49. The average molecular weight is 413 g/mol. The first kappa shape index (κ1) is 22.0. The summed E-state index contributed by atoms with van der Waals surface area (Å²) in [5, 5.41) is 10.5. The third-order valence-electron chi connectivity index (χ3n) is 5.32. The smallest absolute Gasteiger partial charge is 0.161 e. The lowest BCUT2D eigenvalue weighted by Gasteiger charge is -2.36. The van der Waals surface area contributed by atoms with Crippen LogP contribution in [0.4, 0.5) is 5.69 Å². The number of benzene rings is 2. The Balaban J connectivity index is 1.44. The highest BCUT2D eigenvalue weighted by atomic mass is 16.5. The number of rotatable bonds is 10. The number of hydrogen-bond donors (Lipinski definition) is 1. The molecule has 0 bridgehead atoms. The molecule has 30 heavy (non-hydrogen) atoms. The van der Waals surface area contributed by atoms with E-state index >= 15 is 0 Å². The molecule has 6 heteroatoms. The minimum absolute atomic E-state index is 0.232. The topological polar surface area (TPSA) is 54.4 Å². The normalized spacial score (nSPS) is 15.5. The summed E-state index contributed by atoms with van der Waals surface area (Å²) in [5.41, 5.74) is 2.32. The van der Waals surface area contributed by atoms with Crippen molar-refractivity contribution >= 4 is 5.69 Å². The molecule has 0 amide bonds. The van der Waals surface area contributed by atoms with Crippen molar-refractivity contribution in [1.29, 1.82) is 0 Å². The molecule has 1 aliphatic rings. The lowest BCUT2D eigenvalue weighted by atomic mass is 10.1. The summed E-state index contributed by atoms with van der Waals surface area (Å²) < 4.78 is 16.5. The van der Waals surface area contributed by atoms with E-state index < -0.39 is 6.10 Å². The maximum Gasteiger partial charge on any atom is 0.161 e. The van der Waals surface area contributed by atoms with Crippen molar-refractivity contribution in [3.05, 3.63) is 60.7 Å². The number of hydrogen-bond acceptors (Lipinski definition) is 6. The first-order valence-electron chi connectivity index (χ1n) is 10.3. The second kappa shape index (κ2) is 10.9. The van der Waals surface area contributed by atoms with E-state index in [9.17, 15) is 5.11 Å². The van der Waals surface area contributed by atoms with Crippen molar-refractivity contribution in [2.45, 2.75) is 12.5 Å². The lowest BCUT2D eigenvalue weighted by molar-refractivity contribution is 0.0653. The van der Waals surface area contributed by atoms with Gasteiger partial charge in [0.15, 0.2) is 11.5 Å². The molecule has 2 aromatic carbocycles. The van der Waals surface area contributed by atoms with E-state index in [1.54, 1.807) is 14.2 Å². The van der Waals surface area contributed by atoms with E-state index in [-0.39, 0.29) is 6.61 Å². The summed E-state index contributed by atoms with van der Waals surface area (Å²) in [6, 6.07) is 14.0. The Hall–Kier alpha value is -2.70. The van der Waals surface area contributed by atoms with Gasteiger partial charge in [-0.1, -0.05) is 12.1 Å². The van der Waals surface area contributed by atoms with Gasteiger partial charge < -0.3 is 24.2 Å². The van der Waals surface area contributed by atoms with Crippen LogP contribution in [-0.2, 0) is 6.42 Å². The fourth-order valence-electron chi connectivity index (χ4n) is 3.64. The zero-order valence-electron chi connectivity index (χ0n) is 17.9. The van der Waals surface area contributed by atoms with Crippen molar-refractivity contribution in [2.75, 3.05) is 58.5 Å². The van der Waals surface area contributed by atoms with Gasteiger partial charge in [-0.3, -0.25) is 4.90 Å². The van der Waals surface area contributed by atoms with Crippen LogP contribution in [0.25, 0.3) is 0 Å². The predicted molar refractivity (Wildman–Crippen MR) is 120 cm³/mol. The van der Waals surface area contributed by atoms with Crippen LogP contribution in [0.15, 0.2) is 55.1 Å². The van der Waals surface area contributed by atoms with Crippen LogP contribution in [0.5, 0.6) is 17.2 Å². The number of methoxy groups -OCH3 is 2. The van der Waals surface area contributed by atoms with Gasteiger partial charge in [0, 0.05) is 38.4 Å². The molecule has 1 saturated heterocycles. The van der Waals surface area contributed by atoms with Gasteiger partial charge >= 0.3 is 0 Å². The van der Waals surface area contributed by atoms with E-state index in [0.29, 0.717) is 18.0 Å². The largest absolute Gasteiger partial charge is 0.497 e. The van der Waals surface area contributed by atoms with Crippen molar-refractivity contribution < 1.29 is 19.3 Å². The number of anilines is 1. The zero-order valence-corrected chi connectivity index (χ0v) is 17.9. The van der Waals surface area contributed by atoms with Gasteiger partial charge in [-0.05, 0) is 48.4 Å².